The van der Waals surface area contributed by atoms with Crippen LogP contribution in [0.3, 0.4) is 0 Å². The summed E-state index contributed by atoms with van der Waals surface area (Å²) in [5.74, 6) is -1.85. The third-order valence-corrected chi connectivity index (χ3v) is 4.17. The zero-order chi connectivity index (χ0) is 17.5. The number of carbonyl (C=O) groups is 1. The second-order valence-electron chi connectivity index (χ2n) is 4.79. The van der Waals surface area contributed by atoms with Gasteiger partial charge in [-0.15, -0.1) is 0 Å². The molecule has 5 N–H and O–H groups in total. The first-order chi connectivity index (χ1) is 11.3. The number of aromatic nitrogens is 2. The number of para-hydroxylation sites is 1. The van der Waals surface area contributed by atoms with Gasteiger partial charge < -0.3 is 16.8 Å². The lowest BCUT2D eigenvalue weighted by Crippen LogP contribution is -2.20. The molecule has 1 aromatic carbocycles. The van der Waals surface area contributed by atoms with Crippen LogP contribution in [-0.2, 0) is 11.0 Å². The number of nitrogens with one attached hydrogen (secondary N) is 1. The standard InChI is InChI=1S/C14H10F3N5OS/c15-14(16,17)8-5-9(18)22-12(21-8)10(11(19)23)13-20-6-3-1-2-4-7(6)24-13/h1-5,20H,(H2,19,23)(H2,18,21,22)/b13-10-. The number of primary amides is 1. The van der Waals surface area contributed by atoms with Gasteiger partial charge in [-0.3, -0.25) is 4.79 Å². The summed E-state index contributed by atoms with van der Waals surface area (Å²) in [5, 5.41) is 3.18. The molecule has 0 fully saturated rings. The number of alkyl halides is 3. The molecular weight excluding hydrogens is 343 g/mol. The summed E-state index contributed by atoms with van der Waals surface area (Å²) in [7, 11) is 0. The molecule has 0 spiro atoms. The Morgan fingerprint density at radius 3 is 2.54 bits per heavy atom. The highest BCUT2D eigenvalue weighted by Gasteiger charge is 2.35. The van der Waals surface area contributed by atoms with Gasteiger partial charge in [0.2, 0.25) is 0 Å². The number of anilines is 2. The van der Waals surface area contributed by atoms with Gasteiger partial charge in [0, 0.05) is 11.0 Å². The van der Waals surface area contributed by atoms with Crippen molar-refractivity contribution in [1.82, 2.24) is 9.97 Å². The number of rotatable bonds is 2. The lowest BCUT2D eigenvalue weighted by Gasteiger charge is -2.11. The predicted molar refractivity (Wildman–Crippen MR) is 83.5 cm³/mol. The predicted octanol–water partition coefficient (Wildman–Crippen LogP) is 2.45. The molecule has 0 atom stereocenters. The molecule has 24 heavy (non-hydrogen) atoms. The SMILES string of the molecule is NC(=O)/C(=C1\Nc2ccccc2S1)c1nc(N)cc(C(F)(F)F)n1. The van der Waals surface area contributed by atoms with E-state index in [0.29, 0.717) is 11.8 Å². The van der Waals surface area contributed by atoms with Crippen LogP contribution in [0.1, 0.15) is 11.5 Å². The highest BCUT2D eigenvalue weighted by molar-refractivity contribution is 8.04. The summed E-state index contributed by atoms with van der Waals surface area (Å²) in [6.45, 7) is 0. The Morgan fingerprint density at radius 2 is 1.92 bits per heavy atom. The van der Waals surface area contributed by atoms with Crippen LogP contribution >= 0.6 is 11.8 Å². The summed E-state index contributed by atoms with van der Waals surface area (Å²) in [5.41, 5.74) is 9.97. The summed E-state index contributed by atoms with van der Waals surface area (Å²) >= 11 is 1.15. The number of hydrogen-bond donors (Lipinski definition) is 3. The van der Waals surface area contributed by atoms with Gasteiger partial charge in [-0.25, -0.2) is 9.97 Å². The highest BCUT2D eigenvalue weighted by atomic mass is 32.2. The van der Waals surface area contributed by atoms with E-state index in [1.807, 2.05) is 0 Å². The lowest BCUT2D eigenvalue weighted by atomic mass is 10.2. The number of halogens is 3. The van der Waals surface area contributed by atoms with Crippen LogP contribution in [0.2, 0.25) is 0 Å². The fourth-order valence-corrected chi connectivity index (χ4v) is 3.13. The quantitative estimate of drug-likeness (QED) is 0.716. The molecule has 0 saturated carbocycles. The molecule has 0 saturated heterocycles. The number of nitrogens with zero attached hydrogens (tertiary/aromatic N) is 2. The summed E-state index contributed by atoms with van der Waals surface area (Å²) in [6, 6.07) is 7.71. The van der Waals surface area contributed by atoms with Gasteiger partial charge in [0.15, 0.2) is 11.5 Å². The minimum atomic E-state index is -4.72. The number of thioether (sulfide) groups is 1. The molecule has 3 rings (SSSR count). The van der Waals surface area contributed by atoms with Crippen molar-refractivity contribution in [2.24, 2.45) is 5.73 Å². The topological polar surface area (TPSA) is 107 Å². The molecule has 124 valence electrons. The maximum atomic E-state index is 12.9. The van der Waals surface area contributed by atoms with Crippen molar-refractivity contribution in [1.29, 1.82) is 0 Å². The number of nitrogen functional groups attached to an aromatic ring is 1. The molecule has 0 unspecified atom stereocenters. The van der Waals surface area contributed by atoms with Crippen molar-refractivity contribution < 1.29 is 18.0 Å². The average molecular weight is 353 g/mol. The zero-order valence-corrected chi connectivity index (χ0v) is 12.7. The van der Waals surface area contributed by atoms with Gasteiger partial charge in [-0.1, -0.05) is 23.9 Å². The molecule has 1 aliphatic rings. The minimum Gasteiger partial charge on any atom is -0.384 e. The van der Waals surface area contributed by atoms with Crippen molar-refractivity contribution >= 4 is 34.7 Å². The molecule has 6 nitrogen and oxygen atoms in total. The summed E-state index contributed by atoms with van der Waals surface area (Å²) in [6.07, 6.45) is -4.72. The van der Waals surface area contributed by atoms with E-state index in [0.717, 1.165) is 16.7 Å². The Balaban J connectivity index is 2.13. The Hall–Kier alpha value is -2.75. The Labute approximate surface area is 138 Å². The fourth-order valence-electron chi connectivity index (χ4n) is 2.08. The number of nitrogens with two attached hydrogens (primary N) is 2. The summed E-state index contributed by atoms with van der Waals surface area (Å²) in [4.78, 5) is 19.8. The molecule has 0 radical (unpaired) electrons. The second-order valence-corrected chi connectivity index (χ2v) is 5.84. The minimum absolute atomic E-state index is 0.252. The first-order valence-corrected chi connectivity index (χ1v) is 7.37. The summed E-state index contributed by atoms with van der Waals surface area (Å²) < 4.78 is 38.7. The van der Waals surface area contributed by atoms with Crippen LogP contribution in [0.25, 0.3) is 5.57 Å². The van der Waals surface area contributed by atoms with Gasteiger partial charge in [0.1, 0.15) is 11.4 Å². The molecule has 2 aromatic rings. The van der Waals surface area contributed by atoms with Crippen LogP contribution in [0, 0.1) is 0 Å². The van der Waals surface area contributed by atoms with Gasteiger partial charge in [-0.05, 0) is 12.1 Å². The molecule has 1 aromatic heterocycles. The largest absolute Gasteiger partial charge is 0.433 e. The van der Waals surface area contributed by atoms with Gasteiger partial charge >= 0.3 is 6.18 Å². The Morgan fingerprint density at radius 1 is 1.21 bits per heavy atom. The van der Waals surface area contributed by atoms with Gasteiger partial charge in [0.25, 0.3) is 5.91 Å². The molecule has 1 aliphatic heterocycles. The van der Waals surface area contributed by atoms with Crippen LogP contribution in [0.4, 0.5) is 24.7 Å². The normalized spacial score (nSPS) is 15.6. The molecule has 2 heterocycles. The van der Waals surface area contributed by atoms with E-state index in [1.54, 1.807) is 24.3 Å². The molecule has 1 amide bonds. The third kappa shape index (κ3) is 3.00. The van der Waals surface area contributed by atoms with Gasteiger partial charge in [-0.2, -0.15) is 13.2 Å². The first-order valence-electron chi connectivity index (χ1n) is 6.56. The number of amides is 1. The van der Waals surface area contributed by atoms with Crippen molar-refractivity contribution in [3.05, 3.63) is 46.9 Å². The number of benzene rings is 1. The van der Waals surface area contributed by atoms with Gasteiger partial charge in [0.05, 0.1) is 10.7 Å². The van der Waals surface area contributed by atoms with E-state index < -0.39 is 29.4 Å². The van der Waals surface area contributed by atoms with Crippen molar-refractivity contribution in [3.8, 4) is 0 Å². The number of hydrogen-bond acceptors (Lipinski definition) is 6. The van der Waals surface area contributed by atoms with E-state index in [9.17, 15) is 18.0 Å². The molecule has 0 bridgehead atoms. The second kappa shape index (κ2) is 5.71. The number of carbonyl (C=O) groups excluding carboxylic acids is 1. The average Bonchev–Trinajstić information content (AvgIpc) is 2.88. The van der Waals surface area contributed by atoms with Crippen molar-refractivity contribution in [3.63, 3.8) is 0 Å². The lowest BCUT2D eigenvalue weighted by molar-refractivity contribution is -0.141. The highest BCUT2D eigenvalue weighted by Crippen LogP contribution is 2.43. The Bertz CT molecular complexity index is 839. The van der Waals surface area contributed by atoms with Crippen LogP contribution < -0.4 is 16.8 Å². The van der Waals surface area contributed by atoms with E-state index in [1.165, 1.54) is 0 Å². The van der Waals surface area contributed by atoms with Crippen molar-refractivity contribution in [2.45, 2.75) is 11.1 Å². The van der Waals surface area contributed by atoms with E-state index in [4.69, 9.17) is 11.5 Å². The van der Waals surface area contributed by atoms with E-state index in [-0.39, 0.29) is 10.6 Å². The Kier molecular flexibility index (Phi) is 3.84. The van der Waals surface area contributed by atoms with Crippen LogP contribution in [0.15, 0.2) is 40.3 Å². The maximum Gasteiger partial charge on any atom is 0.433 e. The van der Waals surface area contributed by atoms with Crippen LogP contribution in [0.5, 0.6) is 0 Å². The fraction of sp³-hybridized carbons (Fsp3) is 0.0714. The van der Waals surface area contributed by atoms with E-state index >= 15 is 0 Å². The smallest absolute Gasteiger partial charge is 0.384 e. The number of fused-ring (bicyclic) bond motifs is 1. The molecule has 0 aliphatic carbocycles. The first kappa shape index (κ1) is 16.1. The zero-order valence-electron chi connectivity index (χ0n) is 11.9. The van der Waals surface area contributed by atoms with Crippen molar-refractivity contribution in [2.75, 3.05) is 11.1 Å². The molecular formula is C14H10F3N5OS. The monoisotopic (exact) mass is 353 g/mol. The van der Waals surface area contributed by atoms with Crippen LogP contribution in [-0.4, -0.2) is 15.9 Å². The van der Waals surface area contributed by atoms with E-state index in [2.05, 4.69) is 15.3 Å². The molecule has 10 heteroatoms. The maximum absolute atomic E-state index is 12.9. The third-order valence-electron chi connectivity index (χ3n) is 3.08.